The van der Waals surface area contributed by atoms with Gasteiger partial charge in [-0.15, -0.1) is 5.10 Å². The monoisotopic (exact) mass is 328 g/mol. The van der Waals surface area contributed by atoms with Crippen LogP contribution in [0.4, 0.5) is 5.69 Å². The number of nitrogens with one attached hydrogen (secondary N) is 1. The lowest BCUT2D eigenvalue weighted by Crippen LogP contribution is -2.50. The summed E-state index contributed by atoms with van der Waals surface area (Å²) in [7, 11) is 0. The summed E-state index contributed by atoms with van der Waals surface area (Å²) in [5, 5.41) is 11.7. The smallest absolute Gasteiger partial charge is 0.244 e. The normalized spacial score (nSPS) is 18.9. The molecule has 1 aliphatic rings. The van der Waals surface area contributed by atoms with Crippen molar-refractivity contribution in [1.29, 1.82) is 0 Å². The Morgan fingerprint density at radius 3 is 2.88 bits per heavy atom. The number of hydrogen-bond donors (Lipinski definition) is 1. The van der Waals surface area contributed by atoms with Crippen LogP contribution < -0.4 is 10.2 Å². The van der Waals surface area contributed by atoms with Crippen LogP contribution in [0.5, 0.6) is 0 Å². The van der Waals surface area contributed by atoms with E-state index >= 15 is 0 Å². The highest BCUT2D eigenvalue weighted by Gasteiger charge is 2.29. The van der Waals surface area contributed by atoms with E-state index < -0.39 is 0 Å². The first-order valence-electron chi connectivity index (χ1n) is 8.31. The summed E-state index contributed by atoms with van der Waals surface area (Å²) in [4.78, 5) is 18.6. The molecule has 3 heterocycles. The molecule has 0 bridgehead atoms. The van der Waals surface area contributed by atoms with Crippen molar-refractivity contribution in [2.24, 2.45) is 0 Å². The zero-order chi connectivity index (χ0) is 17.2. The van der Waals surface area contributed by atoms with Crippen LogP contribution in [-0.4, -0.2) is 38.5 Å². The molecule has 0 aromatic carbocycles. The molecule has 0 saturated carbocycles. The first-order valence-corrected chi connectivity index (χ1v) is 8.31. The standard InChI is InChI=1S/C17H24N6O/c1-17(2,3)23-12-13(20-21-23)10-19-15-7-5-9-22(16(15)24)14-6-4-8-18-11-14/h4,6,8,11-12,15,19H,5,7,9-10H2,1-3H3. The zero-order valence-electron chi connectivity index (χ0n) is 14.4. The van der Waals surface area contributed by atoms with Crippen LogP contribution >= 0.6 is 0 Å². The number of amides is 1. The van der Waals surface area contributed by atoms with Crippen LogP contribution in [0, 0.1) is 0 Å². The largest absolute Gasteiger partial charge is 0.310 e. The van der Waals surface area contributed by atoms with Gasteiger partial charge in [0.2, 0.25) is 5.91 Å². The summed E-state index contributed by atoms with van der Waals surface area (Å²) in [5.74, 6) is 0.0949. The third-order valence-corrected chi connectivity index (χ3v) is 4.15. The van der Waals surface area contributed by atoms with Crippen LogP contribution in [0.2, 0.25) is 0 Å². The van der Waals surface area contributed by atoms with Gasteiger partial charge in [0.05, 0.1) is 35.4 Å². The van der Waals surface area contributed by atoms with Crippen LogP contribution in [0.3, 0.4) is 0 Å². The molecular weight excluding hydrogens is 304 g/mol. The molecule has 1 amide bonds. The van der Waals surface area contributed by atoms with Crippen molar-refractivity contribution in [3.8, 4) is 0 Å². The molecule has 1 unspecified atom stereocenters. The predicted molar refractivity (Wildman–Crippen MR) is 91.5 cm³/mol. The van der Waals surface area contributed by atoms with Crippen molar-refractivity contribution in [2.75, 3.05) is 11.4 Å². The maximum atomic E-state index is 12.7. The lowest BCUT2D eigenvalue weighted by atomic mass is 10.0. The Hall–Kier alpha value is -2.28. The Kier molecular flexibility index (Phi) is 4.62. The minimum absolute atomic E-state index is 0.0942. The Labute approximate surface area is 142 Å². The molecule has 0 spiro atoms. The highest BCUT2D eigenvalue weighted by Crippen LogP contribution is 2.20. The van der Waals surface area contributed by atoms with Crippen molar-refractivity contribution < 1.29 is 4.79 Å². The SMILES string of the molecule is CC(C)(C)n1cc(CNC2CCCN(c3cccnc3)C2=O)nn1. The fraction of sp³-hybridized carbons (Fsp3) is 0.529. The highest BCUT2D eigenvalue weighted by molar-refractivity contribution is 5.97. The molecule has 2 aromatic rings. The van der Waals surface area contributed by atoms with Crippen LogP contribution in [0.25, 0.3) is 0 Å². The van der Waals surface area contributed by atoms with Gasteiger partial charge in [-0.25, -0.2) is 4.68 Å². The molecule has 3 rings (SSSR count). The molecule has 128 valence electrons. The Morgan fingerprint density at radius 1 is 1.38 bits per heavy atom. The molecule has 7 nitrogen and oxygen atoms in total. The summed E-state index contributed by atoms with van der Waals surface area (Å²) >= 11 is 0. The summed E-state index contributed by atoms with van der Waals surface area (Å²) in [6, 6.07) is 3.57. The van der Waals surface area contributed by atoms with Gasteiger partial charge in [0.25, 0.3) is 0 Å². The summed E-state index contributed by atoms with van der Waals surface area (Å²) in [6.45, 7) is 7.51. The molecular formula is C17H24N6O. The minimum atomic E-state index is -0.196. The molecule has 2 aromatic heterocycles. The first kappa shape index (κ1) is 16.6. The minimum Gasteiger partial charge on any atom is -0.310 e. The quantitative estimate of drug-likeness (QED) is 0.925. The molecule has 1 fully saturated rings. The fourth-order valence-corrected chi connectivity index (χ4v) is 2.77. The van der Waals surface area contributed by atoms with E-state index in [1.54, 1.807) is 17.3 Å². The number of carbonyl (C=O) groups excluding carboxylic acids is 1. The number of pyridine rings is 1. The van der Waals surface area contributed by atoms with Gasteiger partial charge < -0.3 is 10.2 Å². The van der Waals surface area contributed by atoms with Crippen LogP contribution in [0.1, 0.15) is 39.3 Å². The second-order valence-corrected chi connectivity index (χ2v) is 7.10. The zero-order valence-corrected chi connectivity index (χ0v) is 14.4. The number of piperidine rings is 1. The van der Waals surface area contributed by atoms with Gasteiger partial charge in [-0.3, -0.25) is 9.78 Å². The Bertz CT molecular complexity index is 691. The van der Waals surface area contributed by atoms with Gasteiger partial charge >= 0.3 is 0 Å². The number of nitrogens with zero attached hydrogens (tertiary/aromatic N) is 5. The Morgan fingerprint density at radius 2 is 2.21 bits per heavy atom. The summed E-state index contributed by atoms with van der Waals surface area (Å²) in [5.41, 5.74) is 1.60. The number of aromatic nitrogens is 4. The molecule has 1 aliphatic heterocycles. The third kappa shape index (κ3) is 3.62. The van der Waals surface area contributed by atoms with E-state index in [4.69, 9.17) is 0 Å². The predicted octanol–water partition coefficient (Wildman–Crippen LogP) is 1.71. The van der Waals surface area contributed by atoms with E-state index in [0.29, 0.717) is 6.54 Å². The Balaban J connectivity index is 1.63. The topological polar surface area (TPSA) is 75.9 Å². The van der Waals surface area contributed by atoms with Gasteiger partial charge in [-0.1, -0.05) is 5.21 Å². The van der Waals surface area contributed by atoms with Crippen LogP contribution in [0.15, 0.2) is 30.7 Å². The van der Waals surface area contributed by atoms with Crippen LogP contribution in [-0.2, 0) is 16.9 Å². The van der Waals surface area contributed by atoms with Gasteiger partial charge in [-0.05, 0) is 45.7 Å². The maximum absolute atomic E-state index is 12.7. The van der Waals surface area contributed by atoms with E-state index in [0.717, 1.165) is 30.8 Å². The third-order valence-electron chi connectivity index (χ3n) is 4.15. The van der Waals surface area contributed by atoms with Gasteiger partial charge in [0, 0.05) is 19.3 Å². The van der Waals surface area contributed by atoms with E-state index in [9.17, 15) is 4.79 Å². The highest BCUT2D eigenvalue weighted by atomic mass is 16.2. The first-order chi connectivity index (χ1) is 11.4. The average molecular weight is 328 g/mol. The van der Waals surface area contributed by atoms with Crippen molar-refractivity contribution >= 4 is 11.6 Å². The molecule has 1 saturated heterocycles. The van der Waals surface area contributed by atoms with Crippen molar-refractivity contribution in [2.45, 2.75) is 51.7 Å². The van der Waals surface area contributed by atoms with Crippen molar-refractivity contribution in [3.05, 3.63) is 36.4 Å². The summed E-state index contributed by atoms with van der Waals surface area (Å²) in [6.07, 6.45) is 7.18. The number of rotatable bonds is 4. The molecule has 1 atom stereocenters. The van der Waals surface area contributed by atoms with Crippen molar-refractivity contribution in [3.63, 3.8) is 0 Å². The number of carbonyl (C=O) groups is 1. The number of anilines is 1. The maximum Gasteiger partial charge on any atom is 0.244 e. The second kappa shape index (κ2) is 6.68. The molecule has 7 heteroatoms. The van der Waals surface area contributed by atoms with Gasteiger partial charge in [0.1, 0.15) is 0 Å². The van der Waals surface area contributed by atoms with E-state index in [1.165, 1.54) is 0 Å². The van der Waals surface area contributed by atoms with E-state index in [-0.39, 0.29) is 17.5 Å². The van der Waals surface area contributed by atoms with Gasteiger partial charge in [-0.2, -0.15) is 0 Å². The van der Waals surface area contributed by atoms with Gasteiger partial charge in [0.15, 0.2) is 0 Å². The second-order valence-electron chi connectivity index (χ2n) is 7.10. The number of hydrogen-bond acceptors (Lipinski definition) is 5. The molecule has 0 aliphatic carbocycles. The van der Waals surface area contributed by atoms with E-state index in [2.05, 4.69) is 41.4 Å². The lowest BCUT2D eigenvalue weighted by Gasteiger charge is -2.32. The van der Waals surface area contributed by atoms with E-state index in [1.807, 2.05) is 23.0 Å². The molecule has 0 radical (unpaired) electrons. The average Bonchev–Trinajstić information content (AvgIpc) is 3.04. The summed E-state index contributed by atoms with van der Waals surface area (Å²) < 4.78 is 1.84. The van der Waals surface area contributed by atoms with Crippen molar-refractivity contribution in [1.82, 2.24) is 25.3 Å². The fourth-order valence-electron chi connectivity index (χ4n) is 2.77. The molecule has 24 heavy (non-hydrogen) atoms. The molecule has 1 N–H and O–H groups in total. The lowest BCUT2D eigenvalue weighted by molar-refractivity contribution is -0.121.